The molecule has 1 aliphatic heterocycles. The first kappa shape index (κ1) is 14.7. The quantitative estimate of drug-likeness (QED) is 0.661. The molecule has 0 amide bonds. The molecular formula is C13H22N4S2. The van der Waals surface area contributed by atoms with Gasteiger partial charge in [0, 0.05) is 23.7 Å². The van der Waals surface area contributed by atoms with E-state index in [0.29, 0.717) is 0 Å². The Hall–Kier alpha value is -0.750. The number of thiazole rings is 1. The van der Waals surface area contributed by atoms with Gasteiger partial charge in [0.2, 0.25) is 0 Å². The first-order chi connectivity index (χ1) is 9.19. The van der Waals surface area contributed by atoms with Gasteiger partial charge in [-0.2, -0.15) is 11.8 Å². The highest BCUT2D eigenvalue weighted by Crippen LogP contribution is 2.25. The fraction of sp³-hybridized carbons (Fsp3) is 0.692. The van der Waals surface area contributed by atoms with Crippen LogP contribution in [0, 0.1) is 13.8 Å². The molecule has 4 nitrogen and oxygen atoms in total. The number of aromatic nitrogens is 1. The van der Waals surface area contributed by atoms with E-state index in [4.69, 9.17) is 0 Å². The zero-order valence-electron chi connectivity index (χ0n) is 11.8. The number of aliphatic imine (C=N–C) groups is 1. The van der Waals surface area contributed by atoms with Crippen LogP contribution in [0.4, 0.5) is 0 Å². The fourth-order valence-electron chi connectivity index (χ4n) is 2.14. The molecule has 2 heterocycles. The summed E-state index contributed by atoms with van der Waals surface area (Å²) in [5.41, 5.74) is 1.12. The van der Waals surface area contributed by atoms with Crippen molar-refractivity contribution in [2.24, 2.45) is 4.99 Å². The van der Waals surface area contributed by atoms with E-state index in [0.717, 1.165) is 35.0 Å². The molecule has 1 aromatic heterocycles. The molecule has 106 valence electrons. The van der Waals surface area contributed by atoms with Crippen LogP contribution in [0.25, 0.3) is 0 Å². The molecule has 1 atom stereocenters. The second-order valence-corrected chi connectivity index (χ2v) is 7.38. The molecule has 2 rings (SSSR count). The Bertz CT molecular complexity index is 436. The van der Waals surface area contributed by atoms with Gasteiger partial charge >= 0.3 is 0 Å². The normalized spacial score (nSPS) is 19.7. The maximum absolute atomic E-state index is 4.44. The van der Waals surface area contributed by atoms with Gasteiger partial charge in [-0.3, -0.25) is 4.99 Å². The number of thioether (sulfide) groups is 1. The molecular weight excluding hydrogens is 276 g/mol. The molecule has 1 unspecified atom stereocenters. The van der Waals surface area contributed by atoms with Crippen molar-refractivity contribution >= 4 is 29.1 Å². The molecule has 0 radical (unpaired) electrons. The van der Waals surface area contributed by atoms with Crippen molar-refractivity contribution in [3.05, 3.63) is 15.6 Å². The number of hydrogen-bond acceptors (Lipinski definition) is 4. The van der Waals surface area contributed by atoms with Crippen LogP contribution in [0.15, 0.2) is 4.99 Å². The van der Waals surface area contributed by atoms with Crippen molar-refractivity contribution in [1.82, 2.24) is 15.6 Å². The molecule has 6 heteroatoms. The van der Waals surface area contributed by atoms with Crippen LogP contribution < -0.4 is 10.6 Å². The number of nitrogens with zero attached hydrogens (tertiary/aromatic N) is 2. The molecule has 1 saturated heterocycles. The maximum Gasteiger partial charge on any atom is 0.191 e. The minimum Gasteiger partial charge on any atom is -0.355 e. The third-order valence-electron chi connectivity index (χ3n) is 3.16. The third-order valence-corrected chi connectivity index (χ3v) is 5.63. The van der Waals surface area contributed by atoms with Crippen LogP contribution in [0.2, 0.25) is 0 Å². The fourth-order valence-corrected chi connectivity index (χ4v) is 4.22. The topological polar surface area (TPSA) is 49.3 Å². The Labute approximate surface area is 123 Å². The lowest BCUT2D eigenvalue weighted by atomic mass is 10.2. The highest BCUT2D eigenvalue weighted by atomic mass is 32.2. The third kappa shape index (κ3) is 4.38. The Morgan fingerprint density at radius 3 is 2.84 bits per heavy atom. The van der Waals surface area contributed by atoms with Gasteiger partial charge in [0.1, 0.15) is 0 Å². The standard InChI is InChI=1S/C13H22N4S2/c1-9-12(19-10(2)17-9)8-16-13(14-3)15-7-11-5-4-6-18-11/h11H,4-8H2,1-3H3,(H2,14,15,16). The van der Waals surface area contributed by atoms with Gasteiger partial charge in [-0.05, 0) is 32.4 Å². The molecule has 2 N–H and O–H groups in total. The molecule has 0 spiro atoms. The first-order valence-corrected chi connectivity index (χ1v) is 8.54. The summed E-state index contributed by atoms with van der Waals surface area (Å²) in [6.07, 6.45) is 2.67. The summed E-state index contributed by atoms with van der Waals surface area (Å²) in [5, 5.41) is 8.64. The van der Waals surface area contributed by atoms with Gasteiger partial charge in [0.15, 0.2) is 5.96 Å². The van der Waals surface area contributed by atoms with E-state index >= 15 is 0 Å². The number of aryl methyl sites for hydroxylation is 2. The van der Waals surface area contributed by atoms with Crippen LogP contribution in [-0.2, 0) is 6.54 Å². The average molecular weight is 298 g/mol. The molecule has 19 heavy (non-hydrogen) atoms. The number of nitrogens with one attached hydrogen (secondary N) is 2. The van der Waals surface area contributed by atoms with Gasteiger partial charge in [0.05, 0.1) is 17.2 Å². The Morgan fingerprint density at radius 2 is 2.26 bits per heavy atom. The maximum atomic E-state index is 4.44. The molecule has 1 fully saturated rings. The summed E-state index contributed by atoms with van der Waals surface area (Å²) >= 11 is 3.81. The monoisotopic (exact) mass is 298 g/mol. The molecule has 1 aliphatic rings. The highest BCUT2D eigenvalue weighted by molar-refractivity contribution is 8.00. The minimum absolute atomic E-state index is 0.742. The van der Waals surface area contributed by atoms with Crippen LogP contribution in [-0.4, -0.2) is 35.5 Å². The minimum atomic E-state index is 0.742. The smallest absolute Gasteiger partial charge is 0.191 e. The summed E-state index contributed by atoms with van der Waals surface area (Å²) < 4.78 is 0. The van der Waals surface area contributed by atoms with Gasteiger partial charge in [-0.25, -0.2) is 4.98 Å². The average Bonchev–Trinajstić information content (AvgIpc) is 3.00. The summed E-state index contributed by atoms with van der Waals surface area (Å²) in [4.78, 5) is 10.00. The van der Waals surface area contributed by atoms with Crippen LogP contribution >= 0.6 is 23.1 Å². The van der Waals surface area contributed by atoms with Crippen LogP contribution in [0.1, 0.15) is 28.4 Å². The van der Waals surface area contributed by atoms with Crippen LogP contribution in [0.5, 0.6) is 0 Å². The summed E-state index contributed by atoms with van der Waals surface area (Å²) in [6, 6.07) is 0. The Balaban J connectivity index is 1.77. The van der Waals surface area contributed by atoms with E-state index in [1.54, 1.807) is 11.3 Å². The van der Waals surface area contributed by atoms with Crippen molar-refractivity contribution in [2.45, 2.75) is 38.5 Å². The number of rotatable bonds is 4. The second kappa shape index (κ2) is 7.14. The predicted octanol–water partition coefficient (Wildman–Crippen LogP) is 2.32. The van der Waals surface area contributed by atoms with Crippen molar-refractivity contribution in [3.63, 3.8) is 0 Å². The zero-order valence-corrected chi connectivity index (χ0v) is 13.5. The molecule has 0 saturated carbocycles. The molecule has 0 aliphatic carbocycles. The second-order valence-electron chi connectivity index (χ2n) is 4.68. The lowest BCUT2D eigenvalue weighted by Gasteiger charge is -2.14. The van der Waals surface area contributed by atoms with Crippen LogP contribution in [0.3, 0.4) is 0 Å². The predicted molar refractivity (Wildman–Crippen MR) is 85.3 cm³/mol. The van der Waals surface area contributed by atoms with Crippen molar-refractivity contribution in [2.75, 3.05) is 19.3 Å². The SMILES string of the molecule is CN=C(NCc1sc(C)nc1C)NCC1CCCS1. The molecule has 1 aromatic rings. The Morgan fingerprint density at radius 1 is 1.42 bits per heavy atom. The van der Waals surface area contributed by atoms with E-state index in [9.17, 15) is 0 Å². The van der Waals surface area contributed by atoms with E-state index in [2.05, 4.69) is 39.3 Å². The zero-order chi connectivity index (χ0) is 13.7. The van der Waals surface area contributed by atoms with E-state index in [1.807, 2.05) is 14.0 Å². The van der Waals surface area contributed by atoms with Gasteiger partial charge in [-0.1, -0.05) is 0 Å². The molecule has 0 bridgehead atoms. The van der Waals surface area contributed by atoms with Gasteiger partial charge in [-0.15, -0.1) is 11.3 Å². The highest BCUT2D eigenvalue weighted by Gasteiger charge is 2.15. The van der Waals surface area contributed by atoms with Crippen molar-refractivity contribution < 1.29 is 0 Å². The van der Waals surface area contributed by atoms with Gasteiger partial charge < -0.3 is 10.6 Å². The van der Waals surface area contributed by atoms with E-state index in [-0.39, 0.29) is 0 Å². The summed E-state index contributed by atoms with van der Waals surface area (Å²) in [5.74, 6) is 2.19. The van der Waals surface area contributed by atoms with Gasteiger partial charge in [0.25, 0.3) is 0 Å². The number of hydrogen-bond donors (Lipinski definition) is 2. The Kier molecular flexibility index (Phi) is 5.51. The lowest BCUT2D eigenvalue weighted by Crippen LogP contribution is -2.39. The van der Waals surface area contributed by atoms with E-state index < -0.39 is 0 Å². The lowest BCUT2D eigenvalue weighted by molar-refractivity contribution is 0.726. The first-order valence-electron chi connectivity index (χ1n) is 6.68. The van der Waals surface area contributed by atoms with Crippen molar-refractivity contribution in [3.8, 4) is 0 Å². The van der Waals surface area contributed by atoms with E-state index in [1.165, 1.54) is 23.5 Å². The molecule has 0 aromatic carbocycles. The van der Waals surface area contributed by atoms with Crippen molar-refractivity contribution in [1.29, 1.82) is 0 Å². The largest absolute Gasteiger partial charge is 0.355 e. The number of guanidine groups is 1. The summed E-state index contributed by atoms with van der Waals surface area (Å²) in [6.45, 7) is 5.91. The summed E-state index contributed by atoms with van der Waals surface area (Å²) in [7, 11) is 1.82.